The van der Waals surface area contributed by atoms with Gasteiger partial charge in [-0.05, 0) is 54.1 Å². The number of benzene rings is 3. The summed E-state index contributed by atoms with van der Waals surface area (Å²) in [7, 11) is 1.65. The molecule has 40 heavy (non-hydrogen) atoms. The Morgan fingerprint density at radius 3 is 2.27 bits per heavy atom. The number of fused-ring (bicyclic) bond motifs is 1. The van der Waals surface area contributed by atoms with Crippen LogP contribution >= 0.6 is 0 Å². The molecule has 3 aromatic carbocycles. The van der Waals surface area contributed by atoms with Crippen LogP contribution in [0.4, 0.5) is 10.2 Å². The van der Waals surface area contributed by atoms with Gasteiger partial charge in [0.05, 0.1) is 12.5 Å². The first-order valence-corrected chi connectivity index (χ1v) is 13.1. The van der Waals surface area contributed by atoms with Gasteiger partial charge in [0, 0.05) is 43.6 Å². The van der Waals surface area contributed by atoms with Crippen molar-refractivity contribution in [2.75, 3.05) is 44.8 Å². The lowest BCUT2D eigenvalue weighted by molar-refractivity contribution is -0.133. The largest absolute Gasteiger partial charge is 0.497 e. The normalized spacial score (nSPS) is 13.4. The Morgan fingerprint density at radius 1 is 0.875 bits per heavy atom. The molecule has 5 aromatic rings. The number of rotatable bonds is 7. The zero-order chi connectivity index (χ0) is 27.5. The highest BCUT2D eigenvalue weighted by molar-refractivity contribution is 6.02. The summed E-state index contributed by atoms with van der Waals surface area (Å²) in [5.74, 6) is 1.64. The summed E-state index contributed by atoms with van der Waals surface area (Å²) in [5.41, 5.74) is 3.88. The Morgan fingerprint density at radius 2 is 1.57 bits per heavy atom. The van der Waals surface area contributed by atoms with Gasteiger partial charge in [-0.25, -0.2) is 14.4 Å². The fourth-order valence-corrected chi connectivity index (χ4v) is 5.00. The van der Waals surface area contributed by atoms with Gasteiger partial charge < -0.3 is 23.8 Å². The van der Waals surface area contributed by atoms with Crippen LogP contribution in [0.3, 0.4) is 0 Å². The van der Waals surface area contributed by atoms with Gasteiger partial charge in [0.2, 0.25) is 0 Å². The van der Waals surface area contributed by atoms with E-state index in [0.717, 1.165) is 39.4 Å². The van der Waals surface area contributed by atoms with E-state index in [4.69, 9.17) is 19.4 Å². The number of methoxy groups -OCH3 is 1. The third-order valence-corrected chi connectivity index (χ3v) is 7.11. The molecule has 3 heterocycles. The molecule has 2 aromatic heterocycles. The van der Waals surface area contributed by atoms with E-state index in [2.05, 4.69) is 27.8 Å². The van der Waals surface area contributed by atoms with Crippen molar-refractivity contribution in [1.29, 1.82) is 0 Å². The number of piperazine rings is 1. The molecule has 0 saturated carbocycles. The molecule has 0 atom stereocenters. The molecule has 1 aliphatic rings. The molecule has 0 bridgehead atoms. The van der Waals surface area contributed by atoms with Gasteiger partial charge in [-0.2, -0.15) is 0 Å². The van der Waals surface area contributed by atoms with E-state index < -0.39 is 0 Å². The second kappa shape index (κ2) is 11.1. The molecular weight excluding hydrogens is 509 g/mol. The minimum atomic E-state index is -0.344. The number of anilines is 1. The summed E-state index contributed by atoms with van der Waals surface area (Å²) >= 11 is 0. The van der Waals surface area contributed by atoms with Crippen molar-refractivity contribution in [3.8, 4) is 28.3 Å². The lowest BCUT2D eigenvalue weighted by Gasteiger charge is -2.35. The van der Waals surface area contributed by atoms with Crippen molar-refractivity contribution >= 4 is 22.8 Å². The predicted octanol–water partition coefficient (Wildman–Crippen LogP) is 4.96. The summed E-state index contributed by atoms with van der Waals surface area (Å²) in [6.07, 6.45) is 3.70. The van der Waals surface area contributed by atoms with Crippen LogP contribution in [0.25, 0.3) is 27.8 Å². The maximum absolute atomic E-state index is 13.1. The first-order chi connectivity index (χ1) is 19.6. The fraction of sp³-hybridized carbons (Fsp3) is 0.194. The number of hydrogen-bond donors (Lipinski definition) is 0. The number of aromatic nitrogens is 3. The van der Waals surface area contributed by atoms with Gasteiger partial charge in [-0.1, -0.05) is 30.3 Å². The standard InChI is InChI=1S/C31H28FN5O3/c1-39-25-13-9-24(10-14-25)37-19-27(22-5-3-2-4-6-22)29-30(33-21-34-31(29)37)36-17-15-35(16-18-36)28(38)20-40-26-11-7-23(32)8-12-26/h2-14,19,21H,15-18,20H2,1H3. The number of amides is 1. The van der Waals surface area contributed by atoms with Crippen molar-refractivity contribution in [3.05, 3.63) is 97.2 Å². The summed E-state index contributed by atoms with van der Waals surface area (Å²) < 4.78 is 26.1. The van der Waals surface area contributed by atoms with E-state index in [1.165, 1.54) is 24.3 Å². The Bertz CT molecular complexity index is 1610. The molecule has 0 aliphatic carbocycles. The van der Waals surface area contributed by atoms with Gasteiger partial charge in [0.25, 0.3) is 5.91 Å². The van der Waals surface area contributed by atoms with Crippen LogP contribution in [-0.2, 0) is 4.79 Å². The van der Waals surface area contributed by atoms with Crippen LogP contribution in [0.1, 0.15) is 0 Å². The summed E-state index contributed by atoms with van der Waals surface area (Å²) in [5, 5.41) is 0.962. The maximum Gasteiger partial charge on any atom is 0.260 e. The average molecular weight is 538 g/mol. The lowest BCUT2D eigenvalue weighted by atomic mass is 10.1. The number of halogens is 1. The first-order valence-electron chi connectivity index (χ1n) is 13.1. The molecule has 8 nitrogen and oxygen atoms in total. The highest BCUT2D eigenvalue weighted by atomic mass is 19.1. The SMILES string of the molecule is COc1ccc(-n2cc(-c3ccccc3)c3c(N4CCN(C(=O)COc5ccc(F)cc5)CC4)ncnc32)cc1. The number of carbonyl (C=O) groups excluding carboxylic acids is 1. The molecule has 0 unspecified atom stereocenters. The van der Waals surface area contributed by atoms with Crippen LogP contribution in [-0.4, -0.2) is 65.2 Å². The zero-order valence-electron chi connectivity index (χ0n) is 22.0. The van der Waals surface area contributed by atoms with E-state index in [0.29, 0.717) is 31.9 Å². The Hall–Kier alpha value is -4.92. The Labute approximate surface area is 231 Å². The number of ether oxygens (including phenoxy) is 2. The van der Waals surface area contributed by atoms with E-state index in [9.17, 15) is 9.18 Å². The van der Waals surface area contributed by atoms with Crippen LogP contribution < -0.4 is 14.4 Å². The van der Waals surface area contributed by atoms with Gasteiger partial charge in [-0.3, -0.25) is 4.79 Å². The molecule has 1 aliphatic heterocycles. The van der Waals surface area contributed by atoms with E-state index in [-0.39, 0.29) is 18.3 Å². The molecule has 1 fully saturated rings. The third-order valence-electron chi connectivity index (χ3n) is 7.11. The molecule has 202 valence electrons. The van der Waals surface area contributed by atoms with E-state index in [1.54, 1.807) is 18.3 Å². The van der Waals surface area contributed by atoms with Gasteiger partial charge in [-0.15, -0.1) is 0 Å². The van der Waals surface area contributed by atoms with Crippen LogP contribution in [0, 0.1) is 5.82 Å². The Balaban J connectivity index is 1.26. The van der Waals surface area contributed by atoms with Crippen molar-refractivity contribution in [2.24, 2.45) is 0 Å². The summed E-state index contributed by atoms with van der Waals surface area (Å²) in [4.78, 5) is 26.2. The van der Waals surface area contributed by atoms with E-state index in [1.807, 2.05) is 42.5 Å². The molecule has 0 N–H and O–H groups in total. The number of nitrogens with zero attached hydrogens (tertiary/aromatic N) is 5. The van der Waals surface area contributed by atoms with Crippen molar-refractivity contribution < 1.29 is 18.7 Å². The number of hydrogen-bond acceptors (Lipinski definition) is 6. The predicted molar refractivity (Wildman–Crippen MR) is 152 cm³/mol. The maximum atomic E-state index is 13.1. The van der Waals surface area contributed by atoms with Gasteiger partial charge in [0.1, 0.15) is 29.5 Å². The average Bonchev–Trinajstić information content (AvgIpc) is 3.41. The van der Waals surface area contributed by atoms with Crippen molar-refractivity contribution in [2.45, 2.75) is 0 Å². The molecule has 0 spiro atoms. The molecule has 1 saturated heterocycles. The minimum absolute atomic E-state index is 0.0910. The Kier molecular flexibility index (Phi) is 7.01. The van der Waals surface area contributed by atoms with Crippen LogP contribution in [0.5, 0.6) is 11.5 Å². The third kappa shape index (κ3) is 5.05. The highest BCUT2D eigenvalue weighted by Crippen LogP contribution is 2.37. The second-order valence-electron chi connectivity index (χ2n) is 9.48. The quantitative estimate of drug-likeness (QED) is 0.292. The zero-order valence-corrected chi connectivity index (χ0v) is 22.0. The number of carbonyl (C=O) groups is 1. The highest BCUT2D eigenvalue weighted by Gasteiger charge is 2.26. The summed E-state index contributed by atoms with van der Waals surface area (Å²) in [6, 6.07) is 23.7. The topological polar surface area (TPSA) is 72.7 Å². The van der Waals surface area contributed by atoms with Gasteiger partial charge in [0.15, 0.2) is 12.3 Å². The molecule has 0 radical (unpaired) electrons. The summed E-state index contributed by atoms with van der Waals surface area (Å²) in [6.45, 7) is 2.23. The molecular formula is C31H28FN5O3. The smallest absolute Gasteiger partial charge is 0.260 e. The second-order valence-corrected chi connectivity index (χ2v) is 9.48. The van der Waals surface area contributed by atoms with Crippen molar-refractivity contribution in [1.82, 2.24) is 19.4 Å². The molecule has 6 rings (SSSR count). The fourth-order valence-electron chi connectivity index (χ4n) is 5.00. The minimum Gasteiger partial charge on any atom is -0.497 e. The monoisotopic (exact) mass is 537 g/mol. The first kappa shape index (κ1) is 25.4. The molecule has 1 amide bonds. The van der Waals surface area contributed by atoms with Crippen LogP contribution in [0.15, 0.2) is 91.4 Å². The van der Waals surface area contributed by atoms with Gasteiger partial charge >= 0.3 is 0 Å². The molecule has 9 heteroatoms. The van der Waals surface area contributed by atoms with E-state index >= 15 is 0 Å². The van der Waals surface area contributed by atoms with Crippen LogP contribution in [0.2, 0.25) is 0 Å². The lowest BCUT2D eigenvalue weighted by Crippen LogP contribution is -2.50. The van der Waals surface area contributed by atoms with Crippen molar-refractivity contribution in [3.63, 3.8) is 0 Å².